The summed E-state index contributed by atoms with van der Waals surface area (Å²) in [4.78, 5) is 25.4. The summed E-state index contributed by atoms with van der Waals surface area (Å²) in [7, 11) is -3.87. The Morgan fingerprint density at radius 1 is 1.10 bits per heavy atom. The second-order valence-electron chi connectivity index (χ2n) is 7.65. The predicted molar refractivity (Wildman–Crippen MR) is 117 cm³/mol. The molecule has 1 fully saturated rings. The highest BCUT2D eigenvalue weighted by Gasteiger charge is 2.37. The number of ether oxygens (including phenoxy) is 2. The molecule has 0 amide bonds. The van der Waals surface area contributed by atoms with Gasteiger partial charge in [0.05, 0.1) is 35.6 Å². The average molecular weight is 446 g/mol. The van der Waals surface area contributed by atoms with Crippen molar-refractivity contribution in [3.63, 3.8) is 0 Å². The van der Waals surface area contributed by atoms with Crippen molar-refractivity contribution in [2.24, 2.45) is 5.92 Å². The fourth-order valence-corrected chi connectivity index (χ4v) is 4.69. The summed E-state index contributed by atoms with van der Waals surface area (Å²) < 4.78 is 38.9. The quantitative estimate of drug-likeness (QED) is 0.492. The van der Waals surface area contributed by atoms with E-state index in [1.165, 1.54) is 12.1 Å². The van der Waals surface area contributed by atoms with Gasteiger partial charge in [-0.05, 0) is 51.5 Å². The van der Waals surface area contributed by atoms with Gasteiger partial charge in [0.2, 0.25) is 0 Å². The van der Waals surface area contributed by atoms with E-state index in [9.17, 15) is 18.0 Å². The zero-order chi connectivity index (χ0) is 22.6. The van der Waals surface area contributed by atoms with E-state index in [4.69, 9.17) is 9.47 Å². The lowest BCUT2D eigenvalue weighted by atomic mass is 9.89. The molecule has 166 valence electrons. The Labute approximate surface area is 182 Å². The maximum absolute atomic E-state index is 13.4. The highest BCUT2D eigenvalue weighted by molar-refractivity contribution is 7.92. The van der Waals surface area contributed by atoms with Crippen molar-refractivity contribution in [3.8, 4) is 0 Å². The van der Waals surface area contributed by atoms with Gasteiger partial charge in [-0.2, -0.15) is 0 Å². The third-order valence-corrected chi connectivity index (χ3v) is 6.62. The molecule has 0 spiro atoms. The maximum Gasteiger partial charge on any atom is 0.308 e. The first-order valence-electron chi connectivity index (χ1n) is 10.2. The molecule has 2 aromatic rings. The molecule has 1 aliphatic rings. The molecule has 3 rings (SSSR count). The van der Waals surface area contributed by atoms with Gasteiger partial charge >= 0.3 is 5.97 Å². The van der Waals surface area contributed by atoms with Crippen LogP contribution in [0.15, 0.2) is 47.4 Å². The summed E-state index contributed by atoms with van der Waals surface area (Å²) in [5.74, 6) is -1.22. The van der Waals surface area contributed by atoms with E-state index < -0.39 is 28.0 Å². The van der Waals surface area contributed by atoms with E-state index >= 15 is 0 Å². The number of sulfonamides is 1. The summed E-state index contributed by atoms with van der Waals surface area (Å²) >= 11 is 0. The van der Waals surface area contributed by atoms with Crippen LogP contribution in [0.5, 0.6) is 0 Å². The summed E-state index contributed by atoms with van der Waals surface area (Å²) in [5.41, 5.74) is 2.24. The fourth-order valence-electron chi connectivity index (χ4n) is 3.61. The molecule has 1 N–H and O–H groups in total. The summed E-state index contributed by atoms with van der Waals surface area (Å²) in [6, 6.07) is 11.5. The normalized spacial score (nSPS) is 18.5. The first-order valence-corrected chi connectivity index (χ1v) is 11.7. The van der Waals surface area contributed by atoms with E-state index in [-0.39, 0.29) is 35.0 Å². The third-order valence-electron chi connectivity index (χ3n) is 5.24. The highest BCUT2D eigenvalue weighted by atomic mass is 32.2. The molecule has 7 nitrogen and oxygen atoms in total. The van der Waals surface area contributed by atoms with Crippen LogP contribution in [-0.2, 0) is 24.3 Å². The Bertz CT molecular complexity index is 1060. The van der Waals surface area contributed by atoms with Crippen LogP contribution in [-0.4, -0.2) is 39.5 Å². The minimum absolute atomic E-state index is 0.0134. The predicted octanol–water partition coefficient (Wildman–Crippen LogP) is 3.65. The standard InChI is InChI=1S/C23H27NO6S/c1-4-29-22(25)14-21-18(11-12-30-21)23(26)19-13-16(3)7-10-20(19)24-31(27,28)17-8-5-15(2)6-9-17/h5-10,13,18,21,24H,4,11-12,14H2,1-3H3/t18-,21+/m0/s1. The molecule has 0 aromatic heterocycles. The zero-order valence-corrected chi connectivity index (χ0v) is 18.7. The molecule has 2 atom stereocenters. The Morgan fingerprint density at radius 2 is 1.77 bits per heavy atom. The van der Waals surface area contributed by atoms with Crippen molar-refractivity contribution in [1.29, 1.82) is 0 Å². The van der Waals surface area contributed by atoms with Gasteiger partial charge in [0, 0.05) is 12.2 Å². The van der Waals surface area contributed by atoms with E-state index in [0.29, 0.717) is 13.0 Å². The first-order chi connectivity index (χ1) is 14.7. The van der Waals surface area contributed by atoms with E-state index in [0.717, 1.165) is 11.1 Å². The molecule has 0 radical (unpaired) electrons. The van der Waals surface area contributed by atoms with Gasteiger partial charge in [-0.3, -0.25) is 14.3 Å². The number of nitrogens with one attached hydrogen (secondary N) is 1. The first kappa shape index (κ1) is 23.0. The van der Waals surface area contributed by atoms with Gasteiger partial charge in [-0.15, -0.1) is 0 Å². The van der Waals surface area contributed by atoms with Crippen LogP contribution in [0.25, 0.3) is 0 Å². The monoisotopic (exact) mass is 445 g/mol. The number of Topliss-reactive ketones (excluding diaryl/α,β-unsaturated/α-hetero) is 1. The summed E-state index contributed by atoms with van der Waals surface area (Å²) in [5, 5.41) is 0. The number of hydrogen-bond donors (Lipinski definition) is 1. The molecular formula is C23H27NO6S. The highest BCUT2D eigenvalue weighted by Crippen LogP contribution is 2.31. The number of carbonyl (C=O) groups is 2. The van der Waals surface area contributed by atoms with Crippen LogP contribution in [0, 0.1) is 19.8 Å². The van der Waals surface area contributed by atoms with Crippen molar-refractivity contribution in [3.05, 3.63) is 59.2 Å². The molecule has 0 aliphatic carbocycles. The van der Waals surface area contributed by atoms with Gasteiger partial charge in [0.25, 0.3) is 10.0 Å². The smallest absolute Gasteiger partial charge is 0.308 e. The van der Waals surface area contributed by atoms with E-state index in [1.54, 1.807) is 37.3 Å². The number of anilines is 1. The SMILES string of the molecule is CCOC(=O)C[C@H]1OCC[C@@H]1C(=O)c1cc(C)ccc1NS(=O)(=O)c1ccc(C)cc1. The maximum atomic E-state index is 13.4. The zero-order valence-electron chi connectivity index (χ0n) is 17.9. The van der Waals surface area contributed by atoms with E-state index in [2.05, 4.69) is 4.72 Å². The number of esters is 1. The Balaban J connectivity index is 1.88. The summed E-state index contributed by atoms with van der Waals surface area (Å²) in [6.07, 6.45) is -0.143. The van der Waals surface area contributed by atoms with Crippen LogP contribution in [0.2, 0.25) is 0 Å². The lowest BCUT2D eigenvalue weighted by molar-refractivity contribution is -0.145. The van der Waals surface area contributed by atoms with Crippen LogP contribution in [0.1, 0.15) is 41.3 Å². The summed E-state index contributed by atoms with van der Waals surface area (Å²) in [6.45, 7) is 6.03. The van der Waals surface area contributed by atoms with E-state index in [1.807, 2.05) is 13.8 Å². The molecule has 0 bridgehead atoms. The van der Waals surface area contributed by atoms with Crippen LogP contribution >= 0.6 is 0 Å². The lowest BCUT2D eigenvalue weighted by Crippen LogP contribution is -2.28. The van der Waals surface area contributed by atoms with Crippen molar-refractivity contribution in [2.75, 3.05) is 17.9 Å². The second kappa shape index (κ2) is 9.62. The van der Waals surface area contributed by atoms with Crippen molar-refractivity contribution >= 4 is 27.5 Å². The van der Waals surface area contributed by atoms with Gasteiger partial charge < -0.3 is 9.47 Å². The van der Waals surface area contributed by atoms with Crippen molar-refractivity contribution < 1.29 is 27.5 Å². The van der Waals surface area contributed by atoms with Gasteiger partial charge in [-0.25, -0.2) is 8.42 Å². The van der Waals surface area contributed by atoms with Crippen LogP contribution < -0.4 is 4.72 Å². The van der Waals surface area contributed by atoms with Crippen LogP contribution in [0.4, 0.5) is 5.69 Å². The Kier molecular flexibility index (Phi) is 7.12. The largest absolute Gasteiger partial charge is 0.466 e. The van der Waals surface area contributed by atoms with Crippen LogP contribution in [0.3, 0.4) is 0 Å². The minimum atomic E-state index is -3.87. The lowest BCUT2D eigenvalue weighted by Gasteiger charge is -2.19. The number of benzene rings is 2. The fraction of sp³-hybridized carbons (Fsp3) is 0.391. The second-order valence-corrected chi connectivity index (χ2v) is 9.33. The number of rotatable bonds is 8. The number of carbonyl (C=O) groups excluding carboxylic acids is 2. The molecule has 1 aliphatic heterocycles. The minimum Gasteiger partial charge on any atom is -0.466 e. The molecule has 0 saturated carbocycles. The average Bonchev–Trinajstić information content (AvgIpc) is 3.17. The molecule has 0 unspecified atom stereocenters. The molecule has 2 aromatic carbocycles. The number of hydrogen-bond acceptors (Lipinski definition) is 6. The Morgan fingerprint density at radius 3 is 2.45 bits per heavy atom. The van der Waals surface area contributed by atoms with Crippen molar-refractivity contribution in [2.45, 2.75) is 44.6 Å². The van der Waals surface area contributed by atoms with Crippen molar-refractivity contribution in [1.82, 2.24) is 0 Å². The third kappa shape index (κ3) is 5.51. The molecule has 1 saturated heterocycles. The molecule has 1 heterocycles. The molecular weight excluding hydrogens is 418 g/mol. The number of aryl methyl sites for hydroxylation is 2. The van der Waals surface area contributed by atoms with Gasteiger partial charge in [0.1, 0.15) is 0 Å². The van der Waals surface area contributed by atoms with Gasteiger partial charge in [0.15, 0.2) is 5.78 Å². The topological polar surface area (TPSA) is 98.8 Å². The van der Waals surface area contributed by atoms with Gasteiger partial charge in [-0.1, -0.05) is 29.3 Å². The Hall–Kier alpha value is -2.71. The number of ketones is 1. The molecule has 31 heavy (non-hydrogen) atoms. The molecule has 8 heteroatoms.